The van der Waals surface area contributed by atoms with Crippen LogP contribution in [0.15, 0.2) is 22.7 Å². The second-order valence-electron chi connectivity index (χ2n) is 3.88. The minimum atomic E-state index is -0.286. The fraction of sp³-hybridized carbons (Fsp3) is 0.333. The SMILES string of the molecule is CCCn1c(CBr)nnc1-c1cc(F)cc(Br)c1. The first-order chi connectivity index (χ1) is 8.65. The molecule has 1 heterocycles. The highest BCUT2D eigenvalue weighted by molar-refractivity contribution is 9.10. The standard InChI is InChI=1S/C12H12Br2FN3/c1-2-3-18-11(7-13)16-17-12(18)8-4-9(14)6-10(15)5-8/h4-6H,2-3,7H2,1H3. The van der Waals surface area contributed by atoms with Crippen LogP contribution in [0.4, 0.5) is 4.39 Å². The Hall–Kier alpha value is -0.750. The molecule has 0 aliphatic carbocycles. The molecule has 0 saturated heterocycles. The highest BCUT2D eigenvalue weighted by Crippen LogP contribution is 2.24. The predicted molar refractivity (Wildman–Crippen MR) is 76.0 cm³/mol. The Labute approximate surface area is 122 Å². The third kappa shape index (κ3) is 2.80. The predicted octanol–water partition coefficient (Wildman–Crippen LogP) is 4.15. The molecule has 0 saturated carbocycles. The van der Waals surface area contributed by atoms with Crippen molar-refractivity contribution in [1.29, 1.82) is 0 Å². The smallest absolute Gasteiger partial charge is 0.164 e. The van der Waals surface area contributed by atoms with Crippen molar-refractivity contribution < 1.29 is 4.39 Å². The molecule has 0 fully saturated rings. The summed E-state index contributed by atoms with van der Waals surface area (Å²) in [7, 11) is 0. The largest absolute Gasteiger partial charge is 0.310 e. The number of alkyl halides is 1. The molecule has 3 nitrogen and oxygen atoms in total. The molecular weight excluding hydrogens is 365 g/mol. The number of halogens is 3. The van der Waals surface area contributed by atoms with Crippen LogP contribution >= 0.6 is 31.9 Å². The van der Waals surface area contributed by atoms with Crippen LogP contribution in [-0.4, -0.2) is 14.8 Å². The minimum absolute atomic E-state index is 0.286. The van der Waals surface area contributed by atoms with E-state index in [1.165, 1.54) is 12.1 Å². The Bertz CT molecular complexity index is 534. The Kier molecular flexibility index (Phi) is 4.50. The van der Waals surface area contributed by atoms with Crippen molar-refractivity contribution in [2.24, 2.45) is 0 Å². The molecule has 96 valence electrons. The van der Waals surface area contributed by atoms with Gasteiger partial charge in [-0.3, -0.25) is 0 Å². The van der Waals surface area contributed by atoms with Gasteiger partial charge in [0.05, 0.1) is 5.33 Å². The second-order valence-corrected chi connectivity index (χ2v) is 5.36. The highest BCUT2D eigenvalue weighted by Gasteiger charge is 2.13. The Morgan fingerprint density at radius 2 is 2.06 bits per heavy atom. The normalized spacial score (nSPS) is 10.9. The summed E-state index contributed by atoms with van der Waals surface area (Å²) < 4.78 is 16.1. The van der Waals surface area contributed by atoms with Gasteiger partial charge in [-0.2, -0.15) is 0 Å². The molecule has 0 amide bonds. The lowest BCUT2D eigenvalue weighted by Crippen LogP contribution is -2.04. The summed E-state index contributed by atoms with van der Waals surface area (Å²) in [6.45, 7) is 2.90. The van der Waals surface area contributed by atoms with Crippen LogP contribution < -0.4 is 0 Å². The van der Waals surface area contributed by atoms with Crippen LogP contribution in [0.2, 0.25) is 0 Å². The van der Waals surface area contributed by atoms with Crippen molar-refractivity contribution >= 4 is 31.9 Å². The number of aromatic nitrogens is 3. The number of benzene rings is 1. The maximum atomic E-state index is 13.4. The monoisotopic (exact) mass is 375 g/mol. The minimum Gasteiger partial charge on any atom is -0.310 e. The van der Waals surface area contributed by atoms with Crippen molar-refractivity contribution in [3.8, 4) is 11.4 Å². The van der Waals surface area contributed by atoms with E-state index >= 15 is 0 Å². The van der Waals surface area contributed by atoms with Crippen molar-refractivity contribution in [2.45, 2.75) is 25.2 Å². The number of hydrogen-bond acceptors (Lipinski definition) is 2. The molecule has 0 bridgehead atoms. The average Bonchev–Trinajstić information content (AvgIpc) is 2.71. The summed E-state index contributed by atoms with van der Waals surface area (Å²) in [4.78, 5) is 0. The molecule has 0 spiro atoms. The molecule has 2 rings (SSSR count). The molecule has 0 aliphatic rings. The summed E-state index contributed by atoms with van der Waals surface area (Å²) in [5.74, 6) is 1.27. The first-order valence-corrected chi connectivity index (χ1v) is 7.51. The van der Waals surface area contributed by atoms with Crippen LogP contribution in [0, 0.1) is 5.82 Å². The lowest BCUT2D eigenvalue weighted by Gasteiger charge is -2.08. The van der Waals surface area contributed by atoms with Gasteiger partial charge in [0, 0.05) is 16.6 Å². The van der Waals surface area contributed by atoms with E-state index in [1.807, 2.05) is 10.6 Å². The van der Waals surface area contributed by atoms with Crippen LogP contribution in [0.25, 0.3) is 11.4 Å². The zero-order valence-electron chi connectivity index (χ0n) is 9.83. The van der Waals surface area contributed by atoms with E-state index in [0.717, 1.165) is 24.4 Å². The summed E-state index contributed by atoms with van der Waals surface area (Å²) in [5, 5.41) is 8.91. The van der Waals surface area contributed by atoms with Gasteiger partial charge in [-0.25, -0.2) is 4.39 Å². The maximum absolute atomic E-state index is 13.4. The van der Waals surface area contributed by atoms with Gasteiger partial charge in [-0.1, -0.05) is 38.8 Å². The molecule has 0 atom stereocenters. The second kappa shape index (κ2) is 5.93. The quantitative estimate of drug-likeness (QED) is 0.750. The Morgan fingerprint density at radius 3 is 2.67 bits per heavy atom. The number of nitrogens with zero attached hydrogens (tertiary/aromatic N) is 3. The zero-order valence-corrected chi connectivity index (χ0v) is 13.0. The van der Waals surface area contributed by atoms with Crippen molar-refractivity contribution in [1.82, 2.24) is 14.8 Å². The van der Waals surface area contributed by atoms with E-state index in [1.54, 1.807) is 0 Å². The fourth-order valence-electron chi connectivity index (χ4n) is 1.79. The van der Waals surface area contributed by atoms with Crippen LogP contribution in [0.5, 0.6) is 0 Å². The summed E-state index contributed by atoms with van der Waals surface area (Å²) in [5.41, 5.74) is 0.732. The van der Waals surface area contributed by atoms with Gasteiger partial charge in [0.25, 0.3) is 0 Å². The van der Waals surface area contributed by atoms with Crippen molar-refractivity contribution in [2.75, 3.05) is 0 Å². The summed E-state index contributed by atoms with van der Waals surface area (Å²) in [6.07, 6.45) is 0.974. The van der Waals surface area contributed by atoms with Crippen molar-refractivity contribution in [3.05, 3.63) is 34.3 Å². The van der Waals surface area contributed by atoms with E-state index in [9.17, 15) is 4.39 Å². The van der Waals surface area contributed by atoms with Crippen LogP contribution in [0.3, 0.4) is 0 Å². The Morgan fingerprint density at radius 1 is 1.28 bits per heavy atom. The van der Waals surface area contributed by atoms with E-state index in [-0.39, 0.29) is 5.82 Å². The van der Waals surface area contributed by atoms with Crippen LogP contribution in [0.1, 0.15) is 19.2 Å². The maximum Gasteiger partial charge on any atom is 0.164 e. The molecule has 0 radical (unpaired) electrons. The van der Waals surface area contributed by atoms with Crippen LogP contribution in [-0.2, 0) is 11.9 Å². The molecule has 6 heteroatoms. The number of rotatable bonds is 4. The van der Waals surface area contributed by atoms with Gasteiger partial charge in [-0.05, 0) is 24.6 Å². The van der Waals surface area contributed by atoms with E-state index < -0.39 is 0 Å². The van der Waals surface area contributed by atoms with Gasteiger partial charge >= 0.3 is 0 Å². The van der Waals surface area contributed by atoms with E-state index in [2.05, 4.69) is 49.0 Å². The number of hydrogen-bond donors (Lipinski definition) is 0. The molecule has 2 aromatic rings. The molecular formula is C12H12Br2FN3. The lowest BCUT2D eigenvalue weighted by atomic mass is 10.2. The summed E-state index contributed by atoms with van der Waals surface area (Å²) in [6, 6.07) is 4.74. The molecule has 18 heavy (non-hydrogen) atoms. The van der Waals surface area contributed by atoms with Crippen molar-refractivity contribution in [3.63, 3.8) is 0 Å². The first kappa shape index (κ1) is 13.7. The van der Waals surface area contributed by atoms with E-state index in [4.69, 9.17) is 0 Å². The topological polar surface area (TPSA) is 30.7 Å². The fourth-order valence-corrected chi connectivity index (χ4v) is 2.67. The lowest BCUT2D eigenvalue weighted by molar-refractivity contribution is 0.626. The zero-order chi connectivity index (χ0) is 13.1. The molecule has 1 aromatic carbocycles. The summed E-state index contributed by atoms with van der Waals surface area (Å²) >= 11 is 6.68. The highest BCUT2D eigenvalue weighted by atomic mass is 79.9. The third-order valence-corrected chi connectivity index (χ3v) is 3.47. The average molecular weight is 377 g/mol. The van der Waals surface area contributed by atoms with E-state index in [0.29, 0.717) is 15.6 Å². The van der Waals surface area contributed by atoms with Gasteiger partial charge < -0.3 is 4.57 Å². The molecule has 1 aromatic heterocycles. The molecule has 0 unspecified atom stereocenters. The third-order valence-electron chi connectivity index (χ3n) is 2.51. The molecule has 0 N–H and O–H groups in total. The molecule has 0 aliphatic heterocycles. The van der Waals surface area contributed by atoms with Gasteiger partial charge in [0.1, 0.15) is 11.6 Å². The van der Waals surface area contributed by atoms with Gasteiger partial charge in [-0.15, -0.1) is 10.2 Å². The Balaban J connectivity index is 2.52. The van der Waals surface area contributed by atoms with Gasteiger partial charge in [0.2, 0.25) is 0 Å². The van der Waals surface area contributed by atoms with Gasteiger partial charge in [0.15, 0.2) is 5.82 Å². The first-order valence-electron chi connectivity index (χ1n) is 5.60.